The van der Waals surface area contributed by atoms with Gasteiger partial charge >= 0.3 is 6.03 Å². The summed E-state index contributed by atoms with van der Waals surface area (Å²) in [5.41, 5.74) is 4.96. The van der Waals surface area contributed by atoms with Crippen molar-refractivity contribution in [3.63, 3.8) is 0 Å². The van der Waals surface area contributed by atoms with Crippen LogP contribution in [-0.2, 0) is 19.2 Å². The van der Waals surface area contributed by atoms with Crippen LogP contribution >= 0.6 is 12.2 Å². The van der Waals surface area contributed by atoms with Crippen molar-refractivity contribution >= 4 is 46.9 Å². The molecule has 5 amide bonds. The standard InChI is InChI=1S/C18H28N6O5S.2C3H8.C2H7N.C2H6/c1-12(25)13(5-4-9-20-17(19)29)23-14(26)11-22-18(30)21-8-2-3-10-24-15(27)6-7-16(24)28;3*1-3-2;1-2/h6-7,13H,2-5,8-11H2,1H3,(H,23,26)(H3,19,20,29)(H2,21,22,30);2*3H2,1-2H3;3H,1-2H3;1-2H3. The molecule has 1 aliphatic rings. The highest BCUT2D eigenvalue weighted by Gasteiger charge is 2.22. The number of nitrogens with zero attached hydrogens (tertiary/aromatic N) is 1. The van der Waals surface area contributed by atoms with Gasteiger partial charge in [0.15, 0.2) is 10.9 Å². The Labute approximate surface area is 253 Å². The summed E-state index contributed by atoms with van der Waals surface area (Å²) in [6.07, 6.45) is 7.17. The minimum absolute atomic E-state index is 0.0996. The number of Topliss-reactive ketones (excluding diaryl/α,β-unsaturated/α-hetero) is 1. The van der Waals surface area contributed by atoms with Crippen LogP contribution in [0.25, 0.3) is 0 Å². The minimum atomic E-state index is -0.652. The molecule has 1 heterocycles. The summed E-state index contributed by atoms with van der Waals surface area (Å²) in [6, 6.07) is -1.29. The molecular weight excluding hydrogens is 546 g/mol. The largest absolute Gasteiger partial charge is 0.363 e. The third kappa shape index (κ3) is 31.3. The molecule has 41 heavy (non-hydrogen) atoms. The number of rotatable bonds is 13. The molecule has 1 rings (SSSR count). The second-order valence-corrected chi connectivity index (χ2v) is 8.96. The fourth-order valence-corrected chi connectivity index (χ4v) is 2.79. The van der Waals surface area contributed by atoms with Crippen LogP contribution in [0.2, 0.25) is 0 Å². The highest BCUT2D eigenvalue weighted by molar-refractivity contribution is 7.80. The smallest absolute Gasteiger partial charge is 0.312 e. The number of carbonyl (C=O) groups excluding carboxylic acids is 5. The first-order chi connectivity index (χ1) is 19.4. The highest BCUT2D eigenvalue weighted by Crippen LogP contribution is 2.05. The summed E-state index contributed by atoms with van der Waals surface area (Å²) in [7, 11) is 3.75. The van der Waals surface area contributed by atoms with E-state index in [0.717, 1.165) is 0 Å². The van der Waals surface area contributed by atoms with Crippen molar-refractivity contribution in [2.45, 2.75) is 93.0 Å². The molecule has 1 atom stereocenters. The minimum Gasteiger partial charge on any atom is -0.363 e. The van der Waals surface area contributed by atoms with Gasteiger partial charge in [0.2, 0.25) is 5.91 Å². The van der Waals surface area contributed by atoms with Crippen molar-refractivity contribution in [1.82, 2.24) is 31.5 Å². The van der Waals surface area contributed by atoms with Gasteiger partial charge in [0, 0.05) is 31.8 Å². The zero-order valence-electron chi connectivity index (χ0n) is 26.8. The van der Waals surface area contributed by atoms with E-state index in [1.807, 2.05) is 27.9 Å². The summed E-state index contributed by atoms with van der Waals surface area (Å²) >= 11 is 5.09. The van der Waals surface area contributed by atoms with Gasteiger partial charge in [0.25, 0.3) is 11.8 Å². The number of thiocarbonyl (C=S) groups is 1. The zero-order chi connectivity index (χ0) is 32.6. The van der Waals surface area contributed by atoms with Crippen molar-refractivity contribution in [3.05, 3.63) is 12.2 Å². The van der Waals surface area contributed by atoms with Crippen LogP contribution in [-0.4, -0.2) is 85.9 Å². The number of urea groups is 1. The van der Waals surface area contributed by atoms with Gasteiger partial charge in [-0.1, -0.05) is 54.4 Å². The molecule has 1 unspecified atom stereocenters. The van der Waals surface area contributed by atoms with Gasteiger partial charge in [-0.05, 0) is 58.9 Å². The van der Waals surface area contributed by atoms with Crippen LogP contribution in [0.15, 0.2) is 12.2 Å². The lowest BCUT2D eigenvalue weighted by atomic mass is 10.1. The first-order valence-corrected chi connectivity index (χ1v) is 14.8. The van der Waals surface area contributed by atoms with Crippen molar-refractivity contribution < 1.29 is 24.0 Å². The molecule has 0 saturated heterocycles. The van der Waals surface area contributed by atoms with E-state index in [-0.39, 0.29) is 35.2 Å². The van der Waals surface area contributed by atoms with E-state index in [4.69, 9.17) is 18.0 Å². The molecule has 7 N–H and O–H groups in total. The fourth-order valence-electron chi connectivity index (χ4n) is 2.61. The molecule has 0 fully saturated rings. The van der Waals surface area contributed by atoms with E-state index < -0.39 is 12.1 Å². The molecule has 0 aromatic heterocycles. The molecule has 0 aromatic rings. The molecule has 0 spiro atoms. The van der Waals surface area contributed by atoms with Gasteiger partial charge in [-0.3, -0.25) is 24.1 Å². The molecule has 13 heteroatoms. The van der Waals surface area contributed by atoms with Crippen LogP contribution in [0, 0.1) is 0 Å². The number of nitrogens with two attached hydrogens (primary N) is 1. The number of carbonyl (C=O) groups is 5. The molecule has 0 radical (unpaired) electrons. The second-order valence-electron chi connectivity index (χ2n) is 8.56. The molecule has 240 valence electrons. The Bertz CT molecular complexity index is 741. The molecule has 0 aliphatic carbocycles. The average Bonchev–Trinajstić information content (AvgIpc) is 3.23. The Morgan fingerprint density at radius 3 is 1.78 bits per heavy atom. The van der Waals surface area contributed by atoms with E-state index in [1.165, 1.54) is 36.8 Å². The fraction of sp³-hybridized carbons (Fsp3) is 0.714. The number of ketones is 1. The summed E-state index contributed by atoms with van der Waals surface area (Å²) in [6.45, 7) is 15.0. The van der Waals surface area contributed by atoms with Crippen molar-refractivity contribution in [2.75, 3.05) is 40.3 Å². The Morgan fingerprint density at radius 2 is 1.34 bits per heavy atom. The normalized spacial score (nSPS) is 11.5. The van der Waals surface area contributed by atoms with Gasteiger partial charge in [0.05, 0.1) is 12.6 Å². The Balaban J connectivity index is -0.000000538. The summed E-state index contributed by atoms with van der Waals surface area (Å²) in [4.78, 5) is 58.3. The third-order valence-electron chi connectivity index (χ3n) is 4.20. The number of nitrogens with one attached hydrogen (secondary N) is 5. The van der Waals surface area contributed by atoms with Gasteiger partial charge in [-0.15, -0.1) is 0 Å². The summed E-state index contributed by atoms with van der Waals surface area (Å²) in [5.74, 6) is -1.18. The molecular formula is C28H57N7O5S. The predicted molar refractivity (Wildman–Crippen MR) is 171 cm³/mol. The number of hydrogen-bond donors (Lipinski definition) is 6. The maximum atomic E-state index is 12.0. The van der Waals surface area contributed by atoms with Gasteiger partial charge in [-0.2, -0.15) is 0 Å². The van der Waals surface area contributed by atoms with E-state index in [0.29, 0.717) is 45.3 Å². The monoisotopic (exact) mass is 603 g/mol. The summed E-state index contributed by atoms with van der Waals surface area (Å²) < 4.78 is 0. The number of amides is 5. The SMILES string of the molecule is CC.CC(=O)C(CCCNC(N)=O)NC(=O)CNC(=S)NCCCCN1C(=O)C=CC1=O.CCC.CCC.CNC. The van der Waals surface area contributed by atoms with E-state index in [9.17, 15) is 24.0 Å². The van der Waals surface area contributed by atoms with E-state index in [2.05, 4.69) is 54.3 Å². The number of hydrogen-bond acceptors (Lipinski definition) is 7. The van der Waals surface area contributed by atoms with Gasteiger partial charge in [-0.25, -0.2) is 4.79 Å². The lowest BCUT2D eigenvalue weighted by Gasteiger charge is -2.17. The third-order valence-corrected chi connectivity index (χ3v) is 4.49. The molecule has 0 aromatic carbocycles. The van der Waals surface area contributed by atoms with Gasteiger partial charge < -0.3 is 32.3 Å². The van der Waals surface area contributed by atoms with Crippen molar-refractivity contribution in [3.8, 4) is 0 Å². The topological polar surface area (TPSA) is 175 Å². The zero-order valence-corrected chi connectivity index (χ0v) is 27.6. The molecule has 0 saturated carbocycles. The maximum absolute atomic E-state index is 12.0. The lowest BCUT2D eigenvalue weighted by molar-refractivity contribution is -0.136. The Hall–Kier alpha value is -3.06. The van der Waals surface area contributed by atoms with Crippen LogP contribution in [0.5, 0.6) is 0 Å². The summed E-state index contributed by atoms with van der Waals surface area (Å²) in [5, 5.41) is 13.8. The second kappa shape index (κ2) is 33.1. The lowest BCUT2D eigenvalue weighted by Crippen LogP contribution is -2.47. The van der Waals surface area contributed by atoms with Crippen molar-refractivity contribution in [1.29, 1.82) is 0 Å². The number of imide groups is 1. The molecule has 1 aliphatic heterocycles. The first-order valence-electron chi connectivity index (χ1n) is 14.4. The van der Waals surface area contributed by atoms with Crippen molar-refractivity contribution in [2.24, 2.45) is 5.73 Å². The van der Waals surface area contributed by atoms with Crippen LogP contribution in [0.3, 0.4) is 0 Å². The van der Waals surface area contributed by atoms with Crippen LogP contribution in [0.4, 0.5) is 4.79 Å². The quantitative estimate of drug-likeness (QED) is 0.105. The highest BCUT2D eigenvalue weighted by atomic mass is 32.1. The predicted octanol–water partition coefficient (Wildman–Crippen LogP) is 2.37. The van der Waals surface area contributed by atoms with Gasteiger partial charge in [0.1, 0.15) is 0 Å². The number of primary amides is 1. The van der Waals surface area contributed by atoms with E-state index >= 15 is 0 Å². The van der Waals surface area contributed by atoms with E-state index in [1.54, 1.807) is 0 Å². The first kappa shape index (κ1) is 44.9. The Morgan fingerprint density at radius 1 is 0.878 bits per heavy atom. The maximum Gasteiger partial charge on any atom is 0.312 e. The molecule has 12 nitrogen and oxygen atoms in total. The molecule has 0 bridgehead atoms. The number of unbranched alkanes of at least 4 members (excludes halogenated alkanes) is 1. The van der Waals surface area contributed by atoms with Crippen LogP contribution < -0.4 is 32.3 Å². The average molecular weight is 604 g/mol. The van der Waals surface area contributed by atoms with Crippen LogP contribution in [0.1, 0.15) is 87.0 Å². The Kier molecular flexibility index (Phi) is 36.3.